The Labute approximate surface area is 207 Å². The third-order valence-electron chi connectivity index (χ3n) is 6.58. The first-order valence-corrected chi connectivity index (χ1v) is 12.0. The number of nitrogens with zero attached hydrogens (tertiary/aromatic N) is 4. The molecule has 4 heterocycles. The number of aliphatic hydroxyl groups is 1. The Morgan fingerprint density at radius 2 is 2.11 bits per heavy atom. The quantitative estimate of drug-likeness (QED) is 0.350. The van der Waals surface area contributed by atoms with E-state index in [1.54, 1.807) is 20.0 Å². The fourth-order valence-corrected chi connectivity index (χ4v) is 5.04. The zero-order valence-electron chi connectivity index (χ0n) is 21.3. The van der Waals surface area contributed by atoms with E-state index in [1.807, 2.05) is 19.1 Å². The number of hydrogen-bond donors (Lipinski definition) is 3. The Morgan fingerprint density at radius 1 is 1.37 bits per heavy atom. The van der Waals surface area contributed by atoms with Gasteiger partial charge in [-0.15, -0.1) is 0 Å². The summed E-state index contributed by atoms with van der Waals surface area (Å²) in [7, 11) is 4.37. The molecule has 4 rings (SSSR count). The van der Waals surface area contributed by atoms with Crippen molar-refractivity contribution in [3.63, 3.8) is 0 Å². The van der Waals surface area contributed by atoms with Gasteiger partial charge in [-0.3, -0.25) is 15.2 Å². The topological polar surface area (TPSA) is 107 Å². The van der Waals surface area contributed by atoms with Crippen LogP contribution in [0.25, 0.3) is 17.3 Å². The van der Waals surface area contributed by atoms with Gasteiger partial charge in [0.15, 0.2) is 5.82 Å². The smallest absolute Gasteiger partial charge is 0.272 e. The van der Waals surface area contributed by atoms with E-state index in [-0.39, 0.29) is 28.5 Å². The molecule has 0 amide bonds. The van der Waals surface area contributed by atoms with Crippen molar-refractivity contribution in [3.8, 4) is 0 Å². The van der Waals surface area contributed by atoms with Crippen LogP contribution in [0.1, 0.15) is 63.2 Å². The molecular formula is C25H32B2N6O2. The Morgan fingerprint density at radius 3 is 2.77 bits per heavy atom. The van der Waals surface area contributed by atoms with E-state index in [0.717, 1.165) is 35.4 Å². The molecule has 0 fully saturated rings. The number of allylic oxidation sites excluding steroid dienone is 3. The fourth-order valence-electron chi connectivity index (χ4n) is 5.04. The number of pyridine rings is 1. The molecule has 1 unspecified atom stereocenters. The van der Waals surface area contributed by atoms with Gasteiger partial charge in [0, 0.05) is 46.6 Å². The van der Waals surface area contributed by atoms with Crippen LogP contribution in [0, 0.1) is 5.41 Å². The SMILES string of the molecule is BC1(B)Cc2ncc(/C(C(C)=N)=C(\C)O)cc2/C(=C/CCC)N1C1Nn2c(nccc2=O)C=C1C. The van der Waals surface area contributed by atoms with Gasteiger partial charge in [0.25, 0.3) is 5.56 Å². The third-order valence-corrected chi connectivity index (χ3v) is 6.58. The second-order valence-electron chi connectivity index (χ2n) is 9.94. The first kappa shape index (κ1) is 24.6. The van der Waals surface area contributed by atoms with Crippen molar-refractivity contribution in [2.45, 2.75) is 58.5 Å². The van der Waals surface area contributed by atoms with Gasteiger partial charge in [0.2, 0.25) is 0 Å². The van der Waals surface area contributed by atoms with Gasteiger partial charge in [-0.25, -0.2) is 9.66 Å². The number of unbranched alkanes of at least 4 members (excludes halogenated alkanes) is 1. The number of fused-ring (bicyclic) bond motifs is 2. The Bertz CT molecular complexity index is 1340. The summed E-state index contributed by atoms with van der Waals surface area (Å²) in [5.74, 6) is 0.682. The molecule has 8 nitrogen and oxygen atoms in total. The maximum absolute atomic E-state index is 12.6. The average molecular weight is 470 g/mol. The predicted octanol–water partition coefficient (Wildman–Crippen LogP) is 1.87. The number of nitrogens with one attached hydrogen (secondary N) is 2. The average Bonchev–Trinajstić information content (AvgIpc) is 2.77. The first-order valence-electron chi connectivity index (χ1n) is 12.0. The first-order chi connectivity index (χ1) is 16.5. The van der Waals surface area contributed by atoms with Crippen molar-refractivity contribution in [1.82, 2.24) is 19.5 Å². The predicted molar refractivity (Wildman–Crippen MR) is 146 cm³/mol. The van der Waals surface area contributed by atoms with Crippen LogP contribution in [0.4, 0.5) is 0 Å². The number of hydrogen-bond acceptors (Lipinski definition) is 7. The van der Waals surface area contributed by atoms with Crippen molar-refractivity contribution in [2.75, 3.05) is 5.43 Å². The molecule has 0 saturated carbocycles. The molecule has 10 heteroatoms. The van der Waals surface area contributed by atoms with Crippen molar-refractivity contribution in [2.24, 2.45) is 0 Å². The summed E-state index contributed by atoms with van der Waals surface area (Å²) in [6.45, 7) is 7.46. The molecule has 2 aliphatic heterocycles. The van der Waals surface area contributed by atoms with Crippen LogP contribution in [-0.2, 0) is 6.42 Å². The van der Waals surface area contributed by atoms with E-state index >= 15 is 0 Å². The summed E-state index contributed by atoms with van der Waals surface area (Å²) in [5.41, 5.74) is 8.78. The van der Waals surface area contributed by atoms with Crippen molar-refractivity contribution >= 4 is 38.8 Å². The lowest BCUT2D eigenvalue weighted by atomic mass is 9.56. The van der Waals surface area contributed by atoms with Gasteiger partial charge >= 0.3 is 0 Å². The summed E-state index contributed by atoms with van der Waals surface area (Å²) in [4.78, 5) is 24.1. The minimum Gasteiger partial charge on any atom is -0.512 e. The Kier molecular flexibility index (Phi) is 6.49. The van der Waals surface area contributed by atoms with Crippen LogP contribution >= 0.6 is 0 Å². The largest absolute Gasteiger partial charge is 0.512 e. The highest BCUT2D eigenvalue weighted by Gasteiger charge is 2.41. The lowest BCUT2D eigenvalue weighted by Crippen LogP contribution is -2.62. The highest BCUT2D eigenvalue weighted by Crippen LogP contribution is 2.40. The molecule has 0 aliphatic carbocycles. The zero-order valence-corrected chi connectivity index (χ0v) is 21.3. The molecule has 0 saturated heterocycles. The maximum Gasteiger partial charge on any atom is 0.272 e. The Hall–Kier alpha value is -3.55. The fraction of sp³-hybridized carbons (Fsp3) is 0.360. The summed E-state index contributed by atoms with van der Waals surface area (Å²) in [5, 5.41) is 18.1. The molecule has 0 spiro atoms. The van der Waals surface area contributed by atoms with Crippen LogP contribution in [0.3, 0.4) is 0 Å². The molecular weight excluding hydrogens is 438 g/mol. The van der Waals surface area contributed by atoms with Gasteiger partial charge in [-0.05, 0) is 56.7 Å². The standard InChI is InChI=1S/C25H32B2N6O2/c1-5-6-7-20-18-11-17(23(15(3)28)16(4)34)13-30-19(18)12-25(26,27)32(20)24-14(2)10-21-29-9-8-22(35)33(21)31-24/h7-11,13,24,28,31,34H,5-6,12,26-27H2,1-4H3/b20-7-,23-16+,28-15?. The van der Waals surface area contributed by atoms with E-state index in [1.165, 1.54) is 16.9 Å². The molecule has 180 valence electrons. The molecule has 0 radical (unpaired) electrons. The summed E-state index contributed by atoms with van der Waals surface area (Å²) >= 11 is 0. The molecule has 0 bridgehead atoms. The highest BCUT2D eigenvalue weighted by atomic mass is 16.3. The second kappa shape index (κ2) is 9.24. The van der Waals surface area contributed by atoms with Gasteiger partial charge in [-0.1, -0.05) is 19.4 Å². The summed E-state index contributed by atoms with van der Waals surface area (Å²) in [6, 6.07) is 3.48. The number of rotatable bonds is 5. The van der Waals surface area contributed by atoms with E-state index in [9.17, 15) is 9.90 Å². The summed E-state index contributed by atoms with van der Waals surface area (Å²) < 4.78 is 1.50. The normalized spacial score (nSPS) is 20.3. The number of aliphatic hydroxyl groups excluding tert-OH is 1. The lowest BCUT2D eigenvalue weighted by molar-refractivity contribution is 0.263. The van der Waals surface area contributed by atoms with E-state index < -0.39 is 0 Å². The molecule has 2 aromatic rings. The molecule has 1 atom stereocenters. The van der Waals surface area contributed by atoms with Crippen molar-refractivity contribution in [3.05, 3.63) is 74.9 Å². The number of aromatic nitrogens is 3. The van der Waals surface area contributed by atoms with Gasteiger partial charge in [0.05, 0.1) is 11.5 Å². The van der Waals surface area contributed by atoms with Gasteiger partial charge in [0.1, 0.15) is 21.9 Å². The van der Waals surface area contributed by atoms with Crippen LogP contribution < -0.4 is 11.0 Å². The van der Waals surface area contributed by atoms with Crippen LogP contribution in [0.5, 0.6) is 0 Å². The van der Waals surface area contributed by atoms with Gasteiger partial charge in [-0.2, -0.15) is 0 Å². The maximum atomic E-state index is 12.6. The second-order valence-corrected chi connectivity index (χ2v) is 9.94. The van der Waals surface area contributed by atoms with Crippen LogP contribution in [0.15, 0.2) is 46.7 Å². The van der Waals surface area contributed by atoms with E-state index in [2.05, 4.69) is 44.0 Å². The molecule has 2 aliphatic rings. The Balaban J connectivity index is 1.90. The monoisotopic (exact) mass is 470 g/mol. The molecule has 0 aromatic carbocycles. The van der Waals surface area contributed by atoms with Crippen molar-refractivity contribution < 1.29 is 5.11 Å². The summed E-state index contributed by atoms with van der Waals surface area (Å²) in [6.07, 6.45) is 9.76. The highest BCUT2D eigenvalue weighted by molar-refractivity contribution is 6.40. The molecule has 2 aromatic heterocycles. The minimum absolute atomic E-state index is 0.0996. The van der Waals surface area contributed by atoms with E-state index in [4.69, 9.17) is 10.4 Å². The van der Waals surface area contributed by atoms with Crippen molar-refractivity contribution in [1.29, 1.82) is 5.41 Å². The lowest BCUT2D eigenvalue weighted by Gasteiger charge is -2.52. The van der Waals surface area contributed by atoms with Gasteiger partial charge < -0.3 is 15.4 Å². The van der Waals surface area contributed by atoms with Crippen LogP contribution in [0.2, 0.25) is 0 Å². The third kappa shape index (κ3) is 4.45. The minimum atomic E-state index is -0.305. The molecule has 35 heavy (non-hydrogen) atoms. The van der Waals surface area contributed by atoms with Crippen LogP contribution in [-0.4, -0.2) is 57.6 Å². The zero-order chi connectivity index (χ0) is 25.5. The van der Waals surface area contributed by atoms with E-state index in [0.29, 0.717) is 23.4 Å². The molecule has 3 N–H and O–H groups in total.